The number of aromatic amines is 1. The van der Waals surface area contributed by atoms with Crippen LogP contribution < -0.4 is 4.57 Å². The fourth-order valence-electron chi connectivity index (χ4n) is 7.84. The van der Waals surface area contributed by atoms with Gasteiger partial charge < -0.3 is 0 Å². The molecule has 1 heterocycles. The lowest BCUT2D eigenvalue weighted by molar-refractivity contribution is -0.727. The van der Waals surface area contributed by atoms with Crippen LogP contribution in [0.3, 0.4) is 0 Å². The lowest BCUT2D eigenvalue weighted by atomic mass is 9.92. The second kappa shape index (κ2) is 35.1. The van der Waals surface area contributed by atoms with Gasteiger partial charge in [0.2, 0.25) is 0 Å². The summed E-state index contributed by atoms with van der Waals surface area (Å²) in [6.45, 7) is 9.43. The minimum Gasteiger partial charge on any atom is -0.247 e. The van der Waals surface area contributed by atoms with Crippen molar-refractivity contribution >= 4 is 0 Å². The van der Waals surface area contributed by atoms with E-state index in [1.165, 1.54) is 231 Å². The maximum absolute atomic E-state index is 3.77. The lowest BCUT2D eigenvalue weighted by Gasteiger charge is -2.17. The molecule has 1 aromatic rings. The fraction of sp³-hybridized carbons (Fsp3) is 0.933. The highest BCUT2D eigenvalue weighted by atomic mass is 15.1. The molecule has 2 heteroatoms. The average molecular weight is 658 g/mol. The van der Waals surface area contributed by atoms with Gasteiger partial charge in [-0.05, 0) is 32.6 Å². The fourth-order valence-corrected chi connectivity index (χ4v) is 7.84. The molecule has 1 N–H and O–H groups in total. The number of hydrogen-bond acceptors (Lipinski definition) is 0. The Bertz CT molecular complexity index is 723. The van der Waals surface area contributed by atoms with Gasteiger partial charge in [0.15, 0.2) is 0 Å². The highest BCUT2D eigenvalue weighted by Crippen LogP contribution is 2.27. The molecule has 0 fully saturated rings. The minimum absolute atomic E-state index is 0.618. The van der Waals surface area contributed by atoms with Crippen molar-refractivity contribution in [2.75, 3.05) is 0 Å². The molecule has 0 radical (unpaired) electrons. The summed E-state index contributed by atoms with van der Waals surface area (Å²) in [6.07, 6.45) is 56.1. The van der Waals surface area contributed by atoms with Gasteiger partial charge in [-0.1, -0.05) is 226 Å². The summed E-state index contributed by atoms with van der Waals surface area (Å²) in [4.78, 5) is 3.77. The van der Waals surface area contributed by atoms with Gasteiger partial charge in [-0.25, -0.2) is 9.55 Å². The van der Waals surface area contributed by atoms with Crippen molar-refractivity contribution in [1.29, 1.82) is 0 Å². The van der Waals surface area contributed by atoms with Gasteiger partial charge in [0.25, 0.3) is 5.82 Å². The van der Waals surface area contributed by atoms with Gasteiger partial charge >= 0.3 is 0 Å². The van der Waals surface area contributed by atoms with Crippen LogP contribution in [0.15, 0.2) is 12.4 Å². The Labute approximate surface area is 297 Å². The molecule has 0 amide bonds. The number of hydrogen-bond donors (Lipinski definition) is 1. The smallest absolute Gasteiger partial charge is 0.247 e. The maximum Gasteiger partial charge on any atom is 0.257 e. The van der Waals surface area contributed by atoms with Gasteiger partial charge in [0, 0.05) is 0 Å². The summed E-state index contributed by atoms with van der Waals surface area (Å²) in [7, 11) is 0. The van der Waals surface area contributed by atoms with Gasteiger partial charge in [0.05, 0.1) is 12.0 Å². The Morgan fingerprint density at radius 3 is 1.00 bits per heavy atom. The van der Waals surface area contributed by atoms with E-state index in [1.54, 1.807) is 5.82 Å². The first-order valence-corrected chi connectivity index (χ1v) is 22.3. The molecule has 0 saturated heterocycles. The van der Waals surface area contributed by atoms with Gasteiger partial charge in [-0.15, -0.1) is 0 Å². The number of unbranched alkanes of at least 4 members (excludes halogenated alkanes) is 30. The Hall–Kier alpha value is -0.790. The molecule has 1 aromatic heterocycles. The van der Waals surface area contributed by atoms with Crippen molar-refractivity contribution in [2.45, 2.75) is 271 Å². The number of imidazole rings is 1. The Balaban J connectivity index is 2.39. The van der Waals surface area contributed by atoms with Crippen LogP contribution in [-0.2, 0) is 0 Å². The molecule has 0 aliphatic carbocycles. The van der Waals surface area contributed by atoms with E-state index in [4.69, 9.17) is 0 Å². The van der Waals surface area contributed by atoms with Gasteiger partial charge in [-0.3, -0.25) is 0 Å². The van der Waals surface area contributed by atoms with Crippen molar-refractivity contribution in [2.24, 2.45) is 0 Å². The van der Waals surface area contributed by atoms with Gasteiger partial charge in [-0.2, -0.15) is 0 Å². The highest BCUT2D eigenvalue weighted by molar-refractivity contribution is 4.90. The van der Waals surface area contributed by atoms with Crippen LogP contribution in [0.4, 0.5) is 0 Å². The van der Waals surface area contributed by atoms with Crippen molar-refractivity contribution in [3.63, 3.8) is 0 Å². The molecule has 0 saturated carbocycles. The number of rotatable bonds is 38. The third kappa shape index (κ3) is 26.7. The number of aromatic nitrogens is 2. The first-order chi connectivity index (χ1) is 23.2. The standard InChI is InChI=1S/C45H88N2/c1-5-8-11-14-17-20-22-23-24-26-28-31-34-37-40-44(39-36-33-30-27-25-21-18-15-12-9-6-2)45-46-41-42-47(45)43(4)38-35-32-29-19-16-13-10-7-3/h41-44H,5-40H2,1-4H3/p+1. The predicted octanol–water partition coefficient (Wildman–Crippen LogP) is 16.1. The average Bonchev–Trinajstić information content (AvgIpc) is 3.57. The molecule has 2 nitrogen and oxygen atoms in total. The number of nitrogens with zero attached hydrogens (tertiary/aromatic N) is 1. The van der Waals surface area contributed by atoms with E-state index in [2.05, 4.69) is 49.6 Å². The summed E-state index contributed by atoms with van der Waals surface area (Å²) in [5, 5.41) is 0. The Morgan fingerprint density at radius 1 is 0.404 bits per heavy atom. The highest BCUT2D eigenvalue weighted by Gasteiger charge is 2.25. The molecular formula is C45H89N2+. The van der Waals surface area contributed by atoms with Crippen molar-refractivity contribution in [1.82, 2.24) is 4.98 Å². The van der Waals surface area contributed by atoms with Crippen LogP contribution in [-0.4, -0.2) is 4.98 Å². The quantitative estimate of drug-likeness (QED) is 0.0539. The maximum atomic E-state index is 3.77. The van der Waals surface area contributed by atoms with Crippen LogP contribution in [0.5, 0.6) is 0 Å². The van der Waals surface area contributed by atoms with E-state index in [-0.39, 0.29) is 0 Å². The van der Waals surface area contributed by atoms with Crippen LogP contribution >= 0.6 is 0 Å². The first kappa shape index (κ1) is 44.2. The third-order valence-electron chi connectivity index (χ3n) is 11.1. The monoisotopic (exact) mass is 658 g/mol. The second-order valence-corrected chi connectivity index (χ2v) is 15.8. The summed E-state index contributed by atoms with van der Waals surface area (Å²) in [6, 6.07) is 0.618. The van der Waals surface area contributed by atoms with Gasteiger partial charge in [0.1, 0.15) is 12.4 Å². The minimum atomic E-state index is 0.618. The molecule has 0 aromatic carbocycles. The van der Waals surface area contributed by atoms with Crippen LogP contribution in [0.25, 0.3) is 0 Å². The van der Waals surface area contributed by atoms with Crippen molar-refractivity contribution in [3.8, 4) is 0 Å². The van der Waals surface area contributed by atoms with Crippen molar-refractivity contribution < 1.29 is 4.57 Å². The molecule has 0 bridgehead atoms. The molecule has 0 aliphatic heterocycles. The third-order valence-corrected chi connectivity index (χ3v) is 11.1. The van der Waals surface area contributed by atoms with E-state index in [0.29, 0.717) is 12.0 Å². The Kier molecular flexibility index (Phi) is 33.0. The topological polar surface area (TPSA) is 19.7 Å². The molecule has 0 aliphatic rings. The SMILES string of the molecule is CCCCCCCCCCCCCCCCC(CCCCCCCCCCCCC)c1[nH]cc[n+]1C(C)CCCCCCCCCC. The van der Waals surface area contributed by atoms with E-state index in [0.717, 1.165) is 0 Å². The van der Waals surface area contributed by atoms with Crippen LogP contribution in [0.2, 0.25) is 0 Å². The number of nitrogens with one attached hydrogen (secondary N) is 1. The zero-order valence-electron chi connectivity index (χ0n) is 33.2. The summed E-state index contributed by atoms with van der Waals surface area (Å²) < 4.78 is 2.65. The zero-order valence-corrected chi connectivity index (χ0v) is 33.2. The first-order valence-electron chi connectivity index (χ1n) is 22.3. The van der Waals surface area contributed by atoms with E-state index in [1.807, 2.05) is 0 Å². The molecule has 2 atom stereocenters. The number of H-pyrrole nitrogens is 1. The zero-order chi connectivity index (χ0) is 33.9. The van der Waals surface area contributed by atoms with E-state index >= 15 is 0 Å². The summed E-state index contributed by atoms with van der Waals surface area (Å²) in [5.41, 5.74) is 0. The largest absolute Gasteiger partial charge is 0.257 e. The summed E-state index contributed by atoms with van der Waals surface area (Å²) >= 11 is 0. The molecular weight excluding hydrogens is 569 g/mol. The molecule has 2 unspecified atom stereocenters. The molecule has 1 rings (SSSR count). The summed E-state index contributed by atoms with van der Waals surface area (Å²) in [5.74, 6) is 2.25. The Morgan fingerprint density at radius 2 is 0.681 bits per heavy atom. The second-order valence-electron chi connectivity index (χ2n) is 15.8. The van der Waals surface area contributed by atoms with Crippen molar-refractivity contribution in [3.05, 3.63) is 18.2 Å². The normalized spacial score (nSPS) is 13.0. The van der Waals surface area contributed by atoms with Crippen LogP contribution in [0.1, 0.15) is 277 Å². The molecule has 278 valence electrons. The van der Waals surface area contributed by atoms with E-state index < -0.39 is 0 Å². The van der Waals surface area contributed by atoms with Crippen LogP contribution in [0, 0.1) is 0 Å². The molecule has 0 spiro atoms. The van der Waals surface area contributed by atoms with E-state index in [9.17, 15) is 0 Å². The lowest BCUT2D eigenvalue weighted by Crippen LogP contribution is -2.41. The predicted molar refractivity (Wildman–Crippen MR) is 212 cm³/mol. The molecule has 47 heavy (non-hydrogen) atoms.